The lowest BCUT2D eigenvalue weighted by molar-refractivity contribution is 0.0945. The summed E-state index contributed by atoms with van der Waals surface area (Å²) in [6.45, 7) is 4.53. The molecule has 2 aromatic heterocycles. The largest absolute Gasteiger partial charge is 0.349 e. The Labute approximate surface area is 162 Å². The number of thiazole rings is 1. The lowest BCUT2D eigenvalue weighted by atomic mass is 10.0. The molecule has 1 unspecified atom stereocenters. The van der Waals surface area contributed by atoms with Crippen LogP contribution in [0.4, 0.5) is 0 Å². The molecule has 6 heteroatoms. The Balaban J connectivity index is 1.72. The zero-order valence-corrected chi connectivity index (χ0v) is 17.1. The van der Waals surface area contributed by atoms with E-state index in [-0.39, 0.29) is 11.9 Å². The molecule has 3 rings (SSSR count). The number of thiophene rings is 1. The summed E-state index contributed by atoms with van der Waals surface area (Å²) in [7, 11) is 4.06. The standard InChI is InChI=1S/C20H23N3OS2/c1-13-7-9-15(10-8-13)16(23(3)4)12-21-19(24)18-14(2)22-20(26-18)17-6-5-11-25-17/h5-11,16H,12H2,1-4H3,(H,21,24). The maximum absolute atomic E-state index is 12.7. The van der Waals surface area contributed by atoms with Crippen LogP contribution in [0.1, 0.15) is 32.5 Å². The van der Waals surface area contributed by atoms with Gasteiger partial charge in [0.05, 0.1) is 16.6 Å². The van der Waals surface area contributed by atoms with Gasteiger partial charge in [0, 0.05) is 6.54 Å². The van der Waals surface area contributed by atoms with Gasteiger partial charge >= 0.3 is 0 Å². The molecule has 0 spiro atoms. The lowest BCUT2D eigenvalue weighted by Gasteiger charge is -2.25. The molecule has 4 nitrogen and oxygen atoms in total. The average Bonchev–Trinajstić information content (AvgIpc) is 3.25. The minimum absolute atomic E-state index is 0.0539. The highest BCUT2D eigenvalue weighted by atomic mass is 32.1. The van der Waals surface area contributed by atoms with Gasteiger partial charge in [-0.05, 0) is 45.0 Å². The SMILES string of the molecule is Cc1ccc(C(CNC(=O)c2sc(-c3cccs3)nc2C)N(C)C)cc1. The average molecular weight is 386 g/mol. The van der Waals surface area contributed by atoms with Gasteiger partial charge in [0.25, 0.3) is 5.91 Å². The number of carbonyl (C=O) groups is 1. The quantitative estimate of drug-likeness (QED) is 0.678. The molecule has 136 valence electrons. The van der Waals surface area contributed by atoms with Gasteiger partial charge in [-0.25, -0.2) is 4.98 Å². The van der Waals surface area contributed by atoms with Gasteiger partial charge in [0.15, 0.2) is 0 Å². The zero-order valence-electron chi connectivity index (χ0n) is 15.4. The Bertz CT molecular complexity index is 867. The Morgan fingerprint density at radius 1 is 1.19 bits per heavy atom. The van der Waals surface area contributed by atoms with Gasteiger partial charge in [-0.3, -0.25) is 4.79 Å². The highest BCUT2D eigenvalue weighted by Crippen LogP contribution is 2.31. The van der Waals surface area contributed by atoms with Crippen LogP contribution in [0.25, 0.3) is 9.88 Å². The van der Waals surface area contributed by atoms with Crippen LogP contribution in [0.15, 0.2) is 41.8 Å². The summed E-state index contributed by atoms with van der Waals surface area (Å²) >= 11 is 3.10. The van der Waals surface area contributed by atoms with Gasteiger partial charge in [-0.1, -0.05) is 35.9 Å². The fraction of sp³-hybridized carbons (Fsp3) is 0.300. The minimum Gasteiger partial charge on any atom is -0.349 e. The first kappa shape index (κ1) is 18.8. The number of amides is 1. The Morgan fingerprint density at radius 2 is 1.92 bits per heavy atom. The first-order valence-corrected chi connectivity index (χ1v) is 10.2. The van der Waals surface area contributed by atoms with E-state index in [1.54, 1.807) is 11.3 Å². The third kappa shape index (κ3) is 4.20. The number of hydrogen-bond donors (Lipinski definition) is 1. The van der Waals surface area contributed by atoms with E-state index in [1.165, 1.54) is 22.5 Å². The van der Waals surface area contributed by atoms with Crippen LogP contribution < -0.4 is 5.32 Å². The van der Waals surface area contributed by atoms with Crippen LogP contribution in [0.3, 0.4) is 0 Å². The second-order valence-corrected chi connectivity index (χ2v) is 8.46. The van der Waals surface area contributed by atoms with Gasteiger partial charge in [-0.2, -0.15) is 0 Å². The molecule has 0 saturated heterocycles. The molecule has 1 aromatic carbocycles. The van der Waals surface area contributed by atoms with Gasteiger partial charge in [0.2, 0.25) is 0 Å². The van der Waals surface area contributed by atoms with Crippen molar-refractivity contribution >= 4 is 28.6 Å². The molecule has 0 saturated carbocycles. The maximum atomic E-state index is 12.7. The van der Waals surface area contributed by atoms with Crippen LogP contribution >= 0.6 is 22.7 Å². The first-order chi connectivity index (χ1) is 12.5. The molecule has 1 atom stereocenters. The lowest BCUT2D eigenvalue weighted by Crippen LogP contribution is -2.34. The van der Waals surface area contributed by atoms with Crippen LogP contribution in [0, 0.1) is 13.8 Å². The number of hydrogen-bond acceptors (Lipinski definition) is 5. The van der Waals surface area contributed by atoms with Crippen molar-refractivity contribution in [3.8, 4) is 9.88 Å². The van der Waals surface area contributed by atoms with E-state index >= 15 is 0 Å². The Hall–Kier alpha value is -2.02. The third-order valence-electron chi connectivity index (χ3n) is 4.28. The Kier molecular flexibility index (Phi) is 5.86. The van der Waals surface area contributed by atoms with E-state index < -0.39 is 0 Å². The molecule has 0 aliphatic heterocycles. The number of nitrogens with one attached hydrogen (secondary N) is 1. The molecule has 0 fully saturated rings. The molecular weight excluding hydrogens is 362 g/mol. The molecule has 0 bridgehead atoms. The van der Waals surface area contributed by atoms with Gasteiger partial charge in [0.1, 0.15) is 9.88 Å². The van der Waals surface area contributed by atoms with Crippen LogP contribution in [0.2, 0.25) is 0 Å². The number of likely N-dealkylation sites (N-methyl/N-ethyl adjacent to an activating group) is 1. The summed E-state index contributed by atoms with van der Waals surface area (Å²) in [6, 6.07) is 12.6. The smallest absolute Gasteiger partial charge is 0.263 e. The summed E-state index contributed by atoms with van der Waals surface area (Å²) in [6.07, 6.45) is 0. The number of carbonyl (C=O) groups excluding carboxylic acids is 1. The summed E-state index contributed by atoms with van der Waals surface area (Å²) in [5, 5.41) is 6.02. The molecule has 0 aliphatic carbocycles. The van der Waals surface area contributed by atoms with Crippen molar-refractivity contribution in [2.75, 3.05) is 20.6 Å². The third-order valence-corrected chi connectivity index (χ3v) is 6.47. The summed E-state index contributed by atoms with van der Waals surface area (Å²) in [4.78, 5) is 21.2. The summed E-state index contributed by atoms with van der Waals surface area (Å²) in [5.74, 6) is -0.0539. The minimum atomic E-state index is -0.0539. The number of aryl methyl sites for hydroxylation is 2. The normalized spacial score (nSPS) is 12.3. The first-order valence-electron chi connectivity index (χ1n) is 8.48. The molecule has 0 radical (unpaired) electrons. The van der Waals surface area contributed by atoms with Gasteiger partial charge in [-0.15, -0.1) is 22.7 Å². The second kappa shape index (κ2) is 8.12. The summed E-state index contributed by atoms with van der Waals surface area (Å²) in [5.41, 5.74) is 3.21. The predicted octanol–water partition coefficient (Wildman–Crippen LogP) is 4.52. The van der Waals surface area contributed by atoms with Crippen molar-refractivity contribution in [2.24, 2.45) is 0 Å². The number of benzene rings is 1. The van der Waals surface area contributed by atoms with E-state index in [0.29, 0.717) is 11.4 Å². The van der Waals surface area contributed by atoms with Crippen molar-refractivity contribution in [3.63, 3.8) is 0 Å². The van der Waals surface area contributed by atoms with Crippen LogP contribution in [0.5, 0.6) is 0 Å². The zero-order chi connectivity index (χ0) is 18.7. The van der Waals surface area contributed by atoms with Gasteiger partial charge < -0.3 is 10.2 Å². The number of nitrogens with zero attached hydrogens (tertiary/aromatic N) is 2. The molecule has 3 aromatic rings. The van der Waals surface area contributed by atoms with Crippen molar-refractivity contribution in [3.05, 3.63) is 63.5 Å². The number of rotatable bonds is 6. The van der Waals surface area contributed by atoms with Crippen molar-refractivity contribution in [1.82, 2.24) is 15.2 Å². The van der Waals surface area contributed by atoms with E-state index in [9.17, 15) is 4.79 Å². The molecular formula is C20H23N3OS2. The molecule has 26 heavy (non-hydrogen) atoms. The summed E-state index contributed by atoms with van der Waals surface area (Å²) < 4.78 is 0. The molecule has 0 aliphatic rings. The topological polar surface area (TPSA) is 45.2 Å². The van der Waals surface area contributed by atoms with Crippen molar-refractivity contribution < 1.29 is 4.79 Å². The van der Waals surface area contributed by atoms with E-state index in [4.69, 9.17) is 0 Å². The fourth-order valence-electron chi connectivity index (χ4n) is 2.77. The fourth-order valence-corrected chi connectivity index (χ4v) is 4.55. The predicted molar refractivity (Wildman–Crippen MR) is 110 cm³/mol. The molecule has 1 amide bonds. The van der Waals surface area contributed by atoms with Crippen molar-refractivity contribution in [1.29, 1.82) is 0 Å². The highest BCUT2D eigenvalue weighted by Gasteiger charge is 2.19. The Morgan fingerprint density at radius 3 is 2.54 bits per heavy atom. The van der Waals surface area contributed by atoms with Crippen molar-refractivity contribution in [2.45, 2.75) is 19.9 Å². The van der Waals surface area contributed by atoms with E-state index in [1.807, 2.05) is 38.5 Å². The molecule has 2 heterocycles. The van der Waals surface area contributed by atoms with E-state index in [0.717, 1.165) is 15.6 Å². The highest BCUT2D eigenvalue weighted by molar-refractivity contribution is 7.22. The van der Waals surface area contributed by atoms with Crippen LogP contribution in [-0.2, 0) is 0 Å². The molecule has 1 N–H and O–H groups in total. The maximum Gasteiger partial charge on any atom is 0.263 e. The second-order valence-electron chi connectivity index (χ2n) is 6.51. The number of aromatic nitrogens is 1. The van der Waals surface area contributed by atoms with E-state index in [2.05, 4.69) is 46.4 Å². The monoisotopic (exact) mass is 385 g/mol. The van der Waals surface area contributed by atoms with Crippen LogP contribution in [-0.4, -0.2) is 36.4 Å².